The van der Waals surface area contributed by atoms with Crippen molar-refractivity contribution in [2.24, 2.45) is 5.92 Å². The lowest BCUT2D eigenvalue weighted by Gasteiger charge is -2.31. The molecule has 8 nitrogen and oxygen atoms in total. The molecule has 1 heterocycles. The number of alkyl carbamates (subject to hydrolysis) is 1. The van der Waals surface area contributed by atoms with Gasteiger partial charge in [0.05, 0.1) is 12.1 Å². The molecule has 0 aromatic carbocycles. The van der Waals surface area contributed by atoms with Crippen molar-refractivity contribution in [1.82, 2.24) is 20.8 Å². The van der Waals surface area contributed by atoms with Crippen molar-refractivity contribution in [3.8, 4) is 0 Å². The fraction of sp³-hybridized carbons (Fsp3) is 0.826. The van der Waals surface area contributed by atoms with Gasteiger partial charge in [-0.3, -0.25) is 4.79 Å². The van der Waals surface area contributed by atoms with Crippen LogP contribution in [0.2, 0.25) is 0 Å². The summed E-state index contributed by atoms with van der Waals surface area (Å²) in [5, 5.41) is 25.9. The molecule has 11 heteroatoms. The minimum atomic E-state index is -0.732. The lowest BCUT2D eigenvalue weighted by Crippen LogP contribution is -2.54. The third kappa shape index (κ3) is 11.1. The first kappa shape index (κ1) is 29.2. The highest BCUT2D eigenvalue weighted by atomic mass is 32.2. The molecule has 1 aliphatic carbocycles. The zero-order valence-electron chi connectivity index (χ0n) is 21.0. The summed E-state index contributed by atoms with van der Waals surface area (Å²) in [5.74, 6) is 1.32. The monoisotopic (exact) mass is 532 g/mol. The quantitative estimate of drug-likeness (QED) is 0.340. The molecule has 0 spiro atoms. The maximum atomic E-state index is 13.2. The molecule has 0 unspecified atom stereocenters. The Hall–Kier alpha value is -1.04. The first-order valence-electron chi connectivity index (χ1n) is 12.0. The van der Waals surface area contributed by atoms with Gasteiger partial charge in [0.25, 0.3) is 0 Å². The zero-order valence-corrected chi connectivity index (χ0v) is 23.4. The Morgan fingerprint density at radius 2 is 1.91 bits per heavy atom. The second-order valence-electron chi connectivity index (χ2n) is 9.80. The summed E-state index contributed by atoms with van der Waals surface area (Å²) in [6.07, 6.45) is 7.78. The molecule has 3 N–H and O–H groups in total. The number of carbonyl (C=O) groups excluding carboxylic acids is 2. The topological polar surface area (TPSA) is 113 Å². The molecule has 2 rings (SSSR count). The summed E-state index contributed by atoms with van der Waals surface area (Å²) >= 11 is 4.59. The van der Waals surface area contributed by atoms with Crippen LogP contribution in [0, 0.1) is 12.8 Å². The van der Waals surface area contributed by atoms with E-state index in [4.69, 9.17) is 4.74 Å². The Balaban J connectivity index is 2.00. The summed E-state index contributed by atoms with van der Waals surface area (Å²) in [7, 11) is 0. The molecule has 1 saturated carbocycles. The molecule has 1 aromatic heterocycles. The largest absolute Gasteiger partial charge is 0.444 e. The lowest BCUT2D eigenvalue weighted by atomic mass is 9.83. The van der Waals surface area contributed by atoms with Crippen molar-refractivity contribution >= 4 is 46.9 Å². The van der Waals surface area contributed by atoms with Crippen LogP contribution in [0.1, 0.15) is 70.7 Å². The van der Waals surface area contributed by atoms with Crippen molar-refractivity contribution in [3.05, 3.63) is 5.01 Å². The molecule has 0 radical (unpaired) electrons. The standard InChI is InChI=1S/C23H40N4O4S3/c1-15-26-27-22(34-15)33-12-11-19(28)17(13-16-9-7-6-8-10-16)24-20(29)18(14-32-5)25-21(30)31-23(2,3)4/h16-19,28H,6-14H2,1-5H3,(H,24,29)(H,25,30)/t17-,18-,19-/m0/s1. The molecule has 1 aromatic rings. The van der Waals surface area contributed by atoms with Crippen LogP contribution in [0.3, 0.4) is 0 Å². The Bertz CT molecular complexity index is 766. The predicted molar refractivity (Wildman–Crippen MR) is 141 cm³/mol. The van der Waals surface area contributed by atoms with Gasteiger partial charge in [-0.1, -0.05) is 55.2 Å². The van der Waals surface area contributed by atoms with Crippen LogP contribution in [0.5, 0.6) is 0 Å². The number of hydrogen-bond acceptors (Lipinski definition) is 9. The normalized spacial score (nSPS) is 17.6. The van der Waals surface area contributed by atoms with E-state index < -0.39 is 23.8 Å². The minimum absolute atomic E-state index is 0.285. The van der Waals surface area contributed by atoms with Crippen LogP contribution >= 0.6 is 34.9 Å². The van der Waals surface area contributed by atoms with E-state index in [2.05, 4.69) is 20.8 Å². The Kier molecular flexibility index (Phi) is 12.5. The van der Waals surface area contributed by atoms with E-state index in [0.29, 0.717) is 23.8 Å². The van der Waals surface area contributed by atoms with E-state index in [1.165, 1.54) is 31.0 Å². The SMILES string of the molecule is CSC[C@H](NC(=O)OC(C)(C)C)C(=O)N[C@@H](CC1CCCCC1)[C@@H](O)CCSc1nnc(C)s1. The molecule has 194 valence electrons. The number of hydrogen-bond donors (Lipinski definition) is 3. The van der Waals surface area contributed by atoms with Crippen molar-refractivity contribution in [2.75, 3.05) is 17.8 Å². The molecular formula is C23H40N4O4S3. The summed E-state index contributed by atoms with van der Waals surface area (Å²) in [4.78, 5) is 25.4. The van der Waals surface area contributed by atoms with E-state index in [1.807, 2.05) is 13.2 Å². The number of aryl methyl sites for hydroxylation is 1. The van der Waals surface area contributed by atoms with E-state index >= 15 is 0 Å². The number of thioether (sulfide) groups is 2. The Morgan fingerprint density at radius 3 is 2.50 bits per heavy atom. The predicted octanol–water partition coefficient (Wildman–Crippen LogP) is 4.40. The number of aliphatic hydroxyl groups excluding tert-OH is 1. The van der Waals surface area contributed by atoms with Gasteiger partial charge in [-0.05, 0) is 52.7 Å². The fourth-order valence-electron chi connectivity index (χ4n) is 3.98. The van der Waals surface area contributed by atoms with Gasteiger partial charge in [0.1, 0.15) is 16.7 Å². The second kappa shape index (κ2) is 14.5. The lowest BCUT2D eigenvalue weighted by molar-refractivity contribution is -0.124. The summed E-state index contributed by atoms with van der Waals surface area (Å²) in [6.45, 7) is 7.28. The third-order valence-electron chi connectivity index (χ3n) is 5.59. The third-order valence-corrected chi connectivity index (χ3v) is 8.26. The van der Waals surface area contributed by atoms with Gasteiger partial charge in [-0.25, -0.2) is 4.79 Å². The maximum Gasteiger partial charge on any atom is 0.408 e. The average molecular weight is 533 g/mol. The van der Waals surface area contributed by atoms with E-state index in [-0.39, 0.29) is 11.9 Å². The molecule has 34 heavy (non-hydrogen) atoms. The van der Waals surface area contributed by atoms with Crippen LogP contribution in [0.4, 0.5) is 4.79 Å². The van der Waals surface area contributed by atoms with Gasteiger partial charge in [-0.15, -0.1) is 10.2 Å². The van der Waals surface area contributed by atoms with Gasteiger partial charge >= 0.3 is 6.09 Å². The smallest absolute Gasteiger partial charge is 0.408 e. The maximum absolute atomic E-state index is 13.2. The van der Waals surface area contributed by atoms with Crippen LogP contribution in [-0.4, -0.2) is 68.9 Å². The molecule has 2 amide bonds. The van der Waals surface area contributed by atoms with E-state index in [0.717, 1.165) is 28.6 Å². The highest BCUT2D eigenvalue weighted by molar-refractivity contribution is 8.01. The number of carbonyl (C=O) groups is 2. The first-order valence-corrected chi connectivity index (χ1v) is 15.2. The molecule has 0 saturated heterocycles. The Labute approximate surface area is 216 Å². The van der Waals surface area contributed by atoms with Crippen molar-refractivity contribution in [1.29, 1.82) is 0 Å². The number of aliphatic hydroxyl groups is 1. The van der Waals surface area contributed by atoms with Crippen molar-refractivity contribution in [2.45, 2.75) is 101 Å². The number of nitrogens with one attached hydrogen (secondary N) is 2. The summed E-state index contributed by atoms with van der Waals surface area (Å²) in [6, 6.07) is -1.10. The molecule has 0 aliphatic heterocycles. The molecule has 3 atom stereocenters. The van der Waals surface area contributed by atoms with E-state index in [9.17, 15) is 14.7 Å². The second-order valence-corrected chi connectivity index (χ2v) is 13.2. The summed E-state index contributed by atoms with van der Waals surface area (Å²) in [5.41, 5.74) is -0.646. The molecule has 1 aliphatic rings. The zero-order chi connectivity index (χ0) is 25.1. The number of aromatic nitrogens is 2. The van der Waals surface area contributed by atoms with Gasteiger partial charge in [-0.2, -0.15) is 11.8 Å². The highest BCUT2D eigenvalue weighted by Crippen LogP contribution is 2.29. The molecule has 1 fully saturated rings. The number of rotatable bonds is 12. The van der Waals surface area contributed by atoms with Crippen LogP contribution < -0.4 is 10.6 Å². The Morgan fingerprint density at radius 1 is 1.21 bits per heavy atom. The summed E-state index contributed by atoms with van der Waals surface area (Å²) < 4.78 is 6.22. The number of nitrogens with zero attached hydrogens (tertiary/aromatic N) is 2. The average Bonchev–Trinajstić information content (AvgIpc) is 3.17. The van der Waals surface area contributed by atoms with Gasteiger partial charge in [0, 0.05) is 11.5 Å². The van der Waals surface area contributed by atoms with Crippen LogP contribution in [0.25, 0.3) is 0 Å². The molecular weight excluding hydrogens is 492 g/mol. The van der Waals surface area contributed by atoms with Crippen LogP contribution in [0.15, 0.2) is 4.34 Å². The van der Waals surface area contributed by atoms with Gasteiger partial charge in [0.15, 0.2) is 4.34 Å². The fourth-order valence-corrected chi connectivity index (χ4v) is 6.45. The van der Waals surface area contributed by atoms with E-state index in [1.54, 1.807) is 43.9 Å². The first-order chi connectivity index (χ1) is 16.1. The van der Waals surface area contributed by atoms with Gasteiger partial charge < -0.3 is 20.5 Å². The van der Waals surface area contributed by atoms with Gasteiger partial charge in [0.2, 0.25) is 5.91 Å². The van der Waals surface area contributed by atoms with Crippen LogP contribution in [-0.2, 0) is 9.53 Å². The van der Waals surface area contributed by atoms with Crippen molar-refractivity contribution < 1.29 is 19.4 Å². The van der Waals surface area contributed by atoms with Crippen molar-refractivity contribution in [3.63, 3.8) is 0 Å². The number of amides is 2. The molecule has 0 bridgehead atoms. The highest BCUT2D eigenvalue weighted by Gasteiger charge is 2.30. The minimum Gasteiger partial charge on any atom is -0.444 e. The number of ether oxygens (including phenoxy) is 1.